The van der Waals surface area contributed by atoms with Crippen molar-refractivity contribution in [1.82, 2.24) is 5.43 Å². The molecule has 2 rings (SSSR count). The monoisotopic (exact) mass is 404 g/mol. The molecule has 1 amide bonds. The Kier molecular flexibility index (Phi) is 7.01. The van der Waals surface area contributed by atoms with E-state index in [2.05, 4.69) is 26.5 Å². The fourth-order valence-corrected chi connectivity index (χ4v) is 2.78. The lowest BCUT2D eigenvalue weighted by Crippen LogP contribution is -2.19. The van der Waals surface area contributed by atoms with Crippen molar-refractivity contribution >= 4 is 28.1 Å². The summed E-state index contributed by atoms with van der Waals surface area (Å²) in [6.07, 6.45) is 1.85. The van der Waals surface area contributed by atoms with Gasteiger partial charge >= 0.3 is 0 Å². The molecule has 0 aliphatic heterocycles. The van der Waals surface area contributed by atoms with Gasteiger partial charge < -0.3 is 9.47 Å². The van der Waals surface area contributed by atoms with Gasteiger partial charge in [-0.3, -0.25) is 4.79 Å². The van der Waals surface area contributed by atoms with E-state index < -0.39 is 0 Å². The molecule has 0 saturated carbocycles. The molecular weight excluding hydrogens is 384 g/mol. The van der Waals surface area contributed by atoms with Gasteiger partial charge in [-0.2, -0.15) is 5.10 Å². The lowest BCUT2D eigenvalue weighted by molar-refractivity contribution is -0.120. The molecule has 0 atom stereocenters. The van der Waals surface area contributed by atoms with Crippen molar-refractivity contribution in [2.75, 3.05) is 13.7 Å². The maximum Gasteiger partial charge on any atom is 0.244 e. The highest BCUT2D eigenvalue weighted by Crippen LogP contribution is 2.36. The van der Waals surface area contributed by atoms with Crippen LogP contribution in [-0.2, 0) is 11.2 Å². The predicted octanol–water partition coefficient (Wildman–Crippen LogP) is 3.86. The van der Waals surface area contributed by atoms with Gasteiger partial charge in [-0.25, -0.2) is 5.43 Å². The van der Waals surface area contributed by atoms with Crippen LogP contribution in [0.15, 0.2) is 46.0 Å². The first kappa shape index (κ1) is 19.0. The number of nitrogens with one attached hydrogen (secondary N) is 1. The largest absolute Gasteiger partial charge is 0.493 e. The standard InChI is InChI=1S/C19H21BrN2O3/c1-4-25-19-16(20)9-15(10-17(19)24-3)12-21-22-18(23)11-14-7-5-13(2)6-8-14/h5-10,12H,4,11H2,1-3H3,(H,22,23)/b21-12+. The third-order valence-corrected chi connectivity index (χ3v) is 4.02. The number of rotatable bonds is 7. The molecule has 0 heterocycles. The van der Waals surface area contributed by atoms with Gasteiger partial charge in [0.15, 0.2) is 11.5 Å². The number of amides is 1. The van der Waals surface area contributed by atoms with Gasteiger partial charge in [0.1, 0.15) is 0 Å². The van der Waals surface area contributed by atoms with Crippen molar-refractivity contribution in [2.24, 2.45) is 5.10 Å². The Morgan fingerprint density at radius 3 is 2.64 bits per heavy atom. The normalized spacial score (nSPS) is 10.7. The number of hydrogen-bond donors (Lipinski definition) is 1. The predicted molar refractivity (Wildman–Crippen MR) is 102 cm³/mol. The fraction of sp³-hybridized carbons (Fsp3) is 0.263. The van der Waals surface area contributed by atoms with Gasteiger partial charge in [-0.15, -0.1) is 0 Å². The van der Waals surface area contributed by atoms with E-state index in [1.807, 2.05) is 44.2 Å². The van der Waals surface area contributed by atoms with E-state index in [1.54, 1.807) is 19.4 Å². The number of hydrogen-bond acceptors (Lipinski definition) is 4. The molecule has 6 heteroatoms. The summed E-state index contributed by atoms with van der Waals surface area (Å²) in [7, 11) is 1.58. The minimum Gasteiger partial charge on any atom is -0.493 e. The lowest BCUT2D eigenvalue weighted by atomic mass is 10.1. The smallest absolute Gasteiger partial charge is 0.244 e. The van der Waals surface area contributed by atoms with Crippen LogP contribution in [0.3, 0.4) is 0 Å². The SMILES string of the molecule is CCOc1c(Br)cc(/C=N/NC(=O)Cc2ccc(C)cc2)cc1OC. The van der Waals surface area contributed by atoms with E-state index in [-0.39, 0.29) is 12.3 Å². The van der Waals surface area contributed by atoms with Crippen LogP contribution in [0, 0.1) is 6.92 Å². The average Bonchev–Trinajstić information content (AvgIpc) is 2.59. The highest BCUT2D eigenvalue weighted by Gasteiger charge is 2.10. The number of carbonyl (C=O) groups is 1. The van der Waals surface area contributed by atoms with Gasteiger partial charge in [-0.05, 0) is 53.0 Å². The van der Waals surface area contributed by atoms with Crippen LogP contribution < -0.4 is 14.9 Å². The van der Waals surface area contributed by atoms with Crippen LogP contribution in [0.4, 0.5) is 0 Å². The van der Waals surface area contributed by atoms with Crippen LogP contribution in [0.2, 0.25) is 0 Å². The molecule has 0 spiro atoms. The number of ether oxygens (including phenoxy) is 2. The highest BCUT2D eigenvalue weighted by molar-refractivity contribution is 9.10. The summed E-state index contributed by atoms with van der Waals surface area (Å²) < 4.78 is 11.6. The van der Waals surface area contributed by atoms with Crippen molar-refractivity contribution < 1.29 is 14.3 Å². The maximum atomic E-state index is 11.9. The van der Waals surface area contributed by atoms with E-state index in [4.69, 9.17) is 9.47 Å². The molecular formula is C19H21BrN2O3. The van der Waals surface area contributed by atoms with Crippen molar-refractivity contribution in [1.29, 1.82) is 0 Å². The number of hydrazone groups is 1. The summed E-state index contributed by atoms with van der Waals surface area (Å²) in [6, 6.07) is 11.5. The van der Waals surface area contributed by atoms with Gasteiger partial charge in [0.05, 0.1) is 30.8 Å². The molecule has 0 aliphatic rings. The molecule has 0 unspecified atom stereocenters. The topological polar surface area (TPSA) is 59.9 Å². The molecule has 0 radical (unpaired) electrons. The summed E-state index contributed by atoms with van der Waals surface area (Å²) in [5.41, 5.74) is 5.43. The molecule has 0 bridgehead atoms. The first-order valence-corrected chi connectivity index (χ1v) is 8.70. The Hall–Kier alpha value is -2.34. The van der Waals surface area contributed by atoms with E-state index in [1.165, 1.54) is 0 Å². The number of halogens is 1. The van der Waals surface area contributed by atoms with Crippen molar-refractivity contribution in [3.05, 3.63) is 57.6 Å². The van der Waals surface area contributed by atoms with Gasteiger partial charge in [0, 0.05) is 0 Å². The zero-order valence-electron chi connectivity index (χ0n) is 14.5. The molecule has 0 fully saturated rings. The summed E-state index contributed by atoms with van der Waals surface area (Å²) in [5, 5.41) is 4.01. The molecule has 1 N–H and O–H groups in total. The Balaban J connectivity index is 2.00. The molecule has 0 aliphatic carbocycles. The van der Waals surface area contributed by atoms with Crippen LogP contribution in [0.1, 0.15) is 23.6 Å². The van der Waals surface area contributed by atoms with Crippen LogP contribution in [0.5, 0.6) is 11.5 Å². The minimum absolute atomic E-state index is 0.169. The Morgan fingerprint density at radius 2 is 2.00 bits per heavy atom. The zero-order valence-corrected chi connectivity index (χ0v) is 16.1. The van der Waals surface area contributed by atoms with Crippen LogP contribution in [0.25, 0.3) is 0 Å². The molecule has 2 aromatic rings. The first-order chi connectivity index (χ1) is 12.0. The first-order valence-electron chi connectivity index (χ1n) is 7.91. The molecule has 25 heavy (non-hydrogen) atoms. The lowest BCUT2D eigenvalue weighted by Gasteiger charge is -2.11. The summed E-state index contributed by atoms with van der Waals surface area (Å²) in [6.45, 7) is 4.46. The third-order valence-electron chi connectivity index (χ3n) is 3.43. The molecule has 5 nitrogen and oxygen atoms in total. The second-order valence-electron chi connectivity index (χ2n) is 5.42. The van der Waals surface area contributed by atoms with Crippen LogP contribution in [-0.4, -0.2) is 25.8 Å². The van der Waals surface area contributed by atoms with Gasteiger partial charge in [0.25, 0.3) is 0 Å². The number of aryl methyl sites for hydroxylation is 1. The molecule has 0 saturated heterocycles. The number of benzene rings is 2. The van der Waals surface area contributed by atoms with Gasteiger partial charge in [-0.1, -0.05) is 29.8 Å². The number of methoxy groups -OCH3 is 1. The molecule has 132 valence electrons. The van der Waals surface area contributed by atoms with Crippen LogP contribution >= 0.6 is 15.9 Å². The zero-order chi connectivity index (χ0) is 18.2. The summed E-state index contributed by atoms with van der Waals surface area (Å²) >= 11 is 3.46. The van der Waals surface area contributed by atoms with Crippen molar-refractivity contribution in [2.45, 2.75) is 20.3 Å². The quantitative estimate of drug-likeness (QED) is 0.562. The minimum atomic E-state index is -0.169. The molecule has 0 aromatic heterocycles. The van der Waals surface area contributed by atoms with E-state index >= 15 is 0 Å². The van der Waals surface area contributed by atoms with Gasteiger partial charge in [0.2, 0.25) is 5.91 Å². The molecule has 2 aromatic carbocycles. The highest BCUT2D eigenvalue weighted by atomic mass is 79.9. The third kappa shape index (κ3) is 5.60. The van der Waals surface area contributed by atoms with Crippen molar-refractivity contribution in [3.63, 3.8) is 0 Å². The maximum absolute atomic E-state index is 11.9. The summed E-state index contributed by atoms with van der Waals surface area (Å²) in [5.74, 6) is 1.08. The Morgan fingerprint density at radius 1 is 1.28 bits per heavy atom. The Bertz CT molecular complexity index is 758. The number of carbonyl (C=O) groups excluding carboxylic acids is 1. The fourth-order valence-electron chi connectivity index (χ4n) is 2.21. The van der Waals surface area contributed by atoms with E-state index in [0.717, 1.165) is 21.2 Å². The van der Waals surface area contributed by atoms with E-state index in [0.29, 0.717) is 18.1 Å². The Labute approximate surface area is 156 Å². The van der Waals surface area contributed by atoms with Crippen molar-refractivity contribution in [3.8, 4) is 11.5 Å². The number of nitrogens with zero attached hydrogens (tertiary/aromatic N) is 1. The summed E-state index contributed by atoms with van der Waals surface area (Å²) in [4.78, 5) is 11.9. The second kappa shape index (κ2) is 9.22. The second-order valence-corrected chi connectivity index (χ2v) is 6.28. The van der Waals surface area contributed by atoms with E-state index in [9.17, 15) is 4.79 Å². The average molecular weight is 405 g/mol.